The molecule has 1 saturated heterocycles. The Bertz CT molecular complexity index is 925. The maximum atomic E-state index is 12.9. The number of anilines is 1. The van der Waals surface area contributed by atoms with Crippen molar-refractivity contribution >= 4 is 38.9 Å². The second-order valence-electron chi connectivity index (χ2n) is 6.43. The first-order chi connectivity index (χ1) is 13.4. The summed E-state index contributed by atoms with van der Waals surface area (Å²) in [5.74, 6) is -0.300. The van der Waals surface area contributed by atoms with Gasteiger partial charge >= 0.3 is 0 Å². The van der Waals surface area contributed by atoms with Crippen LogP contribution in [0.2, 0.25) is 0 Å². The van der Waals surface area contributed by atoms with Crippen molar-refractivity contribution in [2.24, 2.45) is 0 Å². The Kier molecular flexibility index (Phi) is 6.48. The smallest absolute Gasteiger partial charge is 0.243 e. The van der Waals surface area contributed by atoms with E-state index in [-0.39, 0.29) is 29.8 Å². The van der Waals surface area contributed by atoms with Gasteiger partial charge in [0.15, 0.2) is 0 Å². The van der Waals surface area contributed by atoms with Crippen LogP contribution in [0.5, 0.6) is 0 Å². The molecule has 0 radical (unpaired) electrons. The fourth-order valence-electron chi connectivity index (χ4n) is 3.05. The van der Waals surface area contributed by atoms with Crippen molar-refractivity contribution in [3.05, 3.63) is 46.7 Å². The molecule has 9 heteroatoms. The lowest BCUT2D eigenvalue weighted by atomic mass is 10.3. The van der Waals surface area contributed by atoms with Gasteiger partial charge in [0.25, 0.3) is 0 Å². The lowest BCUT2D eigenvalue weighted by Crippen LogP contribution is -2.40. The normalized spacial score (nSPS) is 14.6. The molecule has 1 N–H and O–H groups in total. The van der Waals surface area contributed by atoms with Crippen LogP contribution in [0.15, 0.2) is 46.7 Å². The van der Waals surface area contributed by atoms with Crippen LogP contribution in [0, 0.1) is 0 Å². The first kappa shape index (κ1) is 20.5. The molecule has 1 aromatic heterocycles. The van der Waals surface area contributed by atoms with E-state index in [0.717, 1.165) is 15.6 Å². The van der Waals surface area contributed by atoms with E-state index in [4.69, 9.17) is 0 Å². The van der Waals surface area contributed by atoms with E-state index in [1.54, 1.807) is 24.0 Å². The van der Waals surface area contributed by atoms with Crippen LogP contribution in [0.3, 0.4) is 0 Å². The van der Waals surface area contributed by atoms with Gasteiger partial charge in [0.05, 0.1) is 18.0 Å². The van der Waals surface area contributed by atoms with Gasteiger partial charge in [-0.05, 0) is 42.1 Å². The summed E-state index contributed by atoms with van der Waals surface area (Å²) in [5.41, 5.74) is 0.693. The number of hydrogen-bond acceptors (Lipinski definition) is 5. The fraction of sp³-hybridized carbons (Fsp3) is 0.368. The molecule has 1 fully saturated rings. The van der Waals surface area contributed by atoms with Crippen molar-refractivity contribution in [3.8, 4) is 0 Å². The molecule has 1 aromatic carbocycles. The third-order valence-electron chi connectivity index (χ3n) is 4.57. The van der Waals surface area contributed by atoms with Gasteiger partial charge in [-0.1, -0.05) is 13.0 Å². The number of sulfonamides is 1. The van der Waals surface area contributed by atoms with Crippen LogP contribution in [0.4, 0.5) is 5.69 Å². The molecule has 1 aliphatic heterocycles. The molecule has 150 valence electrons. The Morgan fingerprint density at radius 1 is 1.25 bits per heavy atom. The topological polar surface area (TPSA) is 86.8 Å². The molecule has 0 saturated carbocycles. The number of likely N-dealkylation sites (N-methyl/N-ethyl adjacent to an activating group) is 1. The van der Waals surface area contributed by atoms with Crippen molar-refractivity contribution in [1.82, 2.24) is 9.62 Å². The minimum absolute atomic E-state index is 0.0493. The van der Waals surface area contributed by atoms with E-state index in [1.807, 2.05) is 17.5 Å². The molecule has 0 aliphatic carbocycles. The SMILES string of the molecule is CCN(CC(=O)NCc1cccs1)S(=O)(=O)c1ccc(N2CCCC2=O)cc1. The predicted octanol–water partition coefficient (Wildman–Crippen LogP) is 2.20. The van der Waals surface area contributed by atoms with Crippen LogP contribution in [-0.2, 0) is 26.2 Å². The Labute approximate surface area is 169 Å². The second-order valence-corrected chi connectivity index (χ2v) is 9.40. The molecule has 28 heavy (non-hydrogen) atoms. The summed E-state index contributed by atoms with van der Waals surface area (Å²) >= 11 is 1.53. The van der Waals surface area contributed by atoms with E-state index in [9.17, 15) is 18.0 Å². The molecule has 0 spiro atoms. The van der Waals surface area contributed by atoms with Gasteiger partial charge < -0.3 is 10.2 Å². The van der Waals surface area contributed by atoms with Gasteiger partial charge in [-0.25, -0.2) is 8.42 Å². The zero-order valence-electron chi connectivity index (χ0n) is 15.6. The predicted molar refractivity (Wildman–Crippen MR) is 109 cm³/mol. The minimum atomic E-state index is -3.80. The quantitative estimate of drug-likeness (QED) is 0.708. The molecule has 0 atom stereocenters. The monoisotopic (exact) mass is 421 g/mol. The van der Waals surface area contributed by atoms with Crippen LogP contribution < -0.4 is 10.2 Å². The molecule has 0 bridgehead atoms. The summed E-state index contributed by atoms with van der Waals surface area (Å²) in [4.78, 5) is 26.8. The van der Waals surface area contributed by atoms with Crippen LogP contribution in [-0.4, -0.2) is 44.2 Å². The average molecular weight is 422 g/mol. The van der Waals surface area contributed by atoms with E-state index in [0.29, 0.717) is 25.2 Å². The maximum Gasteiger partial charge on any atom is 0.243 e. The minimum Gasteiger partial charge on any atom is -0.350 e. The molecular formula is C19H23N3O4S2. The average Bonchev–Trinajstić information content (AvgIpc) is 3.36. The van der Waals surface area contributed by atoms with E-state index in [2.05, 4.69) is 5.32 Å². The zero-order chi connectivity index (χ0) is 20.1. The van der Waals surface area contributed by atoms with E-state index >= 15 is 0 Å². The third-order valence-corrected chi connectivity index (χ3v) is 7.38. The molecule has 1 aliphatic rings. The molecular weight excluding hydrogens is 398 g/mol. The van der Waals surface area contributed by atoms with Crippen LogP contribution >= 0.6 is 11.3 Å². The Balaban J connectivity index is 1.66. The van der Waals surface area contributed by atoms with Crippen LogP contribution in [0.1, 0.15) is 24.6 Å². The van der Waals surface area contributed by atoms with Crippen molar-refractivity contribution < 1.29 is 18.0 Å². The highest BCUT2D eigenvalue weighted by Crippen LogP contribution is 2.24. The zero-order valence-corrected chi connectivity index (χ0v) is 17.3. The van der Waals surface area contributed by atoms with Gasteiger partial charge in [-0.3, -0.25) is 9.59 Å². The fourth-order valence-corrected chi connectivity index (χ4v) is 5.10. The highest BCUT2D eigenvalue weighted by atomic mass is 32.2. The van der Waals surface area contributed by atoms with Crippen molar-refractivity contribution in [2.75, 3.05) is 24.5 Å². The summed E-state index contributed by atoms with van der Waals surface area (Å²) in [7, 11) is -3.80. The lowest BCUT2D eigenvalue weighted by Gasteiger charge is -2.21. The number of nitrogens with zero attached hydrogens (tertiary/aromatic N) is 2. The standard InChI is InChI=1S/C19H23N3O4S2/c1-2-21(14-18(23)20-13-16-5-4-12-27-16)28(25,26)17-9-7-15(8-10-17)22-11-3-6-19(22)24/h4-5,7-10,12H,2-3,6,11,13-14H2,1H3,(H,20,23). The molecule has 2 heterocycles. The highest BCUT2D eigenvalue weighted by Gasteiger charge is 2.26. The summed E-state index contributed by atoms with van der Waals surface area (Å²) in [5, 5.41) is 4.67. The van der Waals surface area contributed by atoms with Gasteiger partial charge in [0.1, 0.15) is 0 Å². The van der Waals surface area contributed by atoms with Crippen LogP contribution in [0.25, 0.3) is 0 Å². The number of nitrogens with one attached hydrogen (secondary N) is 1. The first-order valence-electron chi connectivity index (χ1n) is 9.11. The van der Waals surface area contributed by atoms with Crippen molar-refractivity contribution in [2.45, 2.75) is 31.2 Å². The molecule has 7 nitrogen and oxygen atoms in total. The number of benzene rings is 1. The number of amides is 2. The van der Waals surface area contributed by atoms with E-state index < -0.39 is 10.0 Å². The summed E-state index contributed by atoms with van der Waals surface area (Å²) < 4.78 is 26.9. The number of carbonyl (C=O) groups is 2. The number of thiophene rings is 1. The summed E-state index contributed by atoms with van der Waals surface area (Å²) in [6, 6.07) is 10.1. The van der Waals surface area contributed by atoms with Crippen molar-refractivity contribution in [3.63, 3.8) is 0 Å². The lowest BCUT2D eigenvalue weighted by molar-refractivity contribution is -0.121. The molecule has 0 unspecified atom stereocenters. The Morgan fingerprint density at radius 3 is 2.57 bits per heavy atom. The molecule has 2 aromatic rings. The number of rotatable bonds is 8. The number of hydrogen-bond donors (Lipinski definition) is 1. The number of carbonyl (C=O) groups excluding carboxylic acids is 2. The highest BCUT2D eigenvalue weighted by molar-refractivity contribution is 7.89. The van der Waals surface area contributed by atoms with Gasteiger partial charge in [-0.15, -0.1) is 11.3 Å². The maximum absolute atomic E-state index is 12.9. The first-order valence-corrected chi connectivity index (χ1v) is 11.4. The largest absolute Gasteiger partial charge is 0.350 e. The molecule has 3 rings (SSSR count). The Morgan fingerprint density at radius 2 is 2.00 bits per heavy atom. The third kappa shape index (κ3) is 4.60. The van der Waals surface area contributed by atoms with Gasteiger partial charge in [0, 0.05) is 30.1 Å². The van der Waals surface area contributed by atoms with Gasteiger partial charge in [0.2, 0.25) is 21.8 Å². The second kappa shape index (κ2) is 8.85. The van der Waals surface area contributed by atoms with Gasteiger partial charge in [-0.2, -0.15) is 4.31 Å². The summed E-state index contributed by atoms with van der Waals surface area (Å²) in [6.45, 7) is 2.67. The van der Waals surface area contributed by atoms with Crippen molar-refractivity contribution in [1.29, 1.82) is 0 Å². The Hall–Kier alpha value is -2.23. The summed E-state index contributed by atoms with van der Waals surface area (Å²) in [6.07, 6.45) is 1.33. The molecule has 2 amide bonds. The van der Waals surface area contributed by atoms with E-state index in [1.165, 1.54) is 23.5 Å².